The summed E-state index contributed by atoms with van der Waals surface area (Å²) < 4.78 is 0. The lowest BCUT2D eigenvalue weighted by molar-refractivity contribution is 0.133. The molecule has 0 aromatic carbocycles. The molecule has 0 radical (unpaired) electrons. The Hall–Kier alpha value is -0.950. The summed E-state index contributed by atoms with van der Waals surface area (Å²) in [6, 6.07) is -0.931. The van der Waals surface area contributed by atoms with E-state index in [4.69, 9.17) is 5.84 Å². The van der Waals surface area contributed by atoms with Gasteiger partial charge in [-0.2, -0.15) is 0 Å². The molecule has 0 saturated carbocycles. The number of thioether (sulfide) groups is 1. The highest BCUT2D eigenvalue weighted by Gasteiger charge is 2.33. The third-order valence-corrected chi connectivity index (χ3v) is 2.33. The number of hydrazine groups is 1. The molecule has 4 amide bonds. The SMILES string of the molecule is CSC1NC(=O)N(C)C(=O)N1N. The fourth-order valence-electron chi connectivity index (χ4n) is 0.805. The Morgan fingerprint density at radius 3 is 2.67 bits per heavy atom. The number of nitrogens with two attached hydrogens (primary N) is 1. The van der Waals surface area contributed by atoms with Crippen LogP contribution in [0.1, 0.15) is 0 Å². The lowest BCUT2D eigenvalue weighted by atomic mass is 10.6. The molecule has 1 aliphatic heterocycles. The average molecular weight is 190 g/mol. The first-order valence-corrected chi connectivity index (χ1v) is 4.51. The number of rotatable bonds is 1. The molecule has 1 heterocycles. The Labute approximate surface area is 74.0 Å². The molecule has 7 heteroatoms. The molecule has 1 unspecified atom stereocenters. The van der Waals surface area contributed by atoms with Crippen LogP contribution in [0.25, 0.3) is 0 Å². The molecular weight excluding hydrogens is 180 g/mol. The highest BCUT2D eigenvalue weighted by Crippen LogP contribution is 2.12. The van der Waals surface area contributed by atoms with E-state index in [-0.39, 0.29) is 0 Å². The van der Waals surface area contributed by atoms with Gasteiger partial charge < -0.3 is 5.32 Å². The Bertz CT molecular complexity index is 221. The Kier molecular flexibility index (Phi) is 2.43. The molecule has 0 spiro atoms. The lowest BCUT2D eigenvalue weighted by Gasteiger charge is -2.35. The first kappa shape index (κ1) is 9.14. The number of carbonyl (C=O) groups excluding carboxylic acids is 2. The van der Waals surface area contributed by atoms with Crippen LogP contribution in [0.15, 0.2) is 0 Å². The minimum Gasteiger partial charge on any atom is -0.307 e. The topological polar surface area (TPSA) is 78.7 Å². The number of carbonyl (C=O) groups is 2. The van der Waals surface area contributed by atoms with Crippen molar-refractivity contribution in [2.75, 3.05) is 13.3 Å². The minimum absolute atomic E-state index is 0.430. The molecule has 0 aliphatic carbocycles. The molecule has 1 aliphatic rings. The van der Waals surface area contributed by atoms with Crippen LogP contribution in [0.5, 0.6) is 0 Å². The summed E-state index contributed by atoms with van der Waals surface area (Å²) in [5.41, 5.74) is -0.471. The van der Waals surface area contributed by atoms with Gasteiger partial charge in [-0.05, 0) is 6.26 Å². The van der Waals surface area contributed by atoms with E-state index >= 15 is 0 Å². The van der Waals surface area contributed by atoms with Crippen molar-refractivity contribution in [3.8, 4) is 0 Å². The predicted molar refractivity (Wildman–Crippen MR) is 45.0 cm³/mol. The lowest BCUT2D eigenvalue weighted by Crippen LogP contribution is -2.64. The molecule has 0 bridgehead atoms. The summed E-state index contributed by atoms with van der Waals surface area (Å²) in [5.74, 6) is 5.39. The van der Waals surface area contributed by atoms with Gasteiger partial charge in [-0.3, -0.25) is 0 Å². The van der Waals surface area contributed by atoms with Crippen molar-refractivity contribution in [3.63, 3.8) is 0 Å². The van der Waals surface area contributed by atoms with Crippen molar-refractivity contribution in [2.24, 2.45) is 5.84 Å². The standard InChI is InChI=1S/C5H10N4O2S/c1-8-3(10)7-4(12-2)9(6)5(8)11/h4H,6H2,1-2H3,(H,7,10). The predicted octanol–water partition coefficient (Wildman–Crippen LogP) is -0.416. The first-order valence-electron chi connectivity index (χ1n) is 3.23. The zero-order valence-corrected chi connectivity index (χ0v) is 7.59. The summed E-state index contributed by atoms with van der Waals surface area (Å²) in [6.07, 6.45) is 1.75. The Morgan fingerprint density at radius 1 is 1.58 bits per heavy atom. The highest BCUT2D eigenvalue weighted by atomic mass is 32.2. The van der Waals surface area contributed by atoms with E-state index in [1.165, 1.54) is 18.8 Å². The third kappa shape index (κ3) is 1.32. The quantitative estimate of drug-likeness (QED) is 0.435. The second kappa shape index (κ2) is 3.20. The fraction of sp³-hybridized carbons (Fsp3) is 0.600. The van der Waals surface area contributed by atoms with E-state index in [2.05, 4.69) is 5.32 Å². The summed E-state index contributed by atoms with van der Waals surface area (Å²) in [5, 5.41) is 3.50. The summed E-state index contributed by atoms with van der Waals surface area (Å²) in [4.78, 5) is 23.1. The zero-order chi connectivity index (χ0) is 9.30. The van der Waals surface area contributed by atoms with Gasteiger partial charge in [0, 0.05) is 7.05 Å². The number of amides is 4. The van der Waals surface area contributed by atoms with E-state index in [0.29, 0.717) is 0 Å². The molecule has 6 nitrogen and oxygen atoms in total. The van der Waals surface area contributed by atoms with Crippen molar-refractivity contribution < 1.29 is 9.59 Å². The molecule has 1 saturated heterocycles. The average Bonchev–Trinajstić information content (AvgIpc) is 2.08. The van der Waals surface area contributed by atoms with Crippen LogP contribution in [0.3, 0.4) is 0 Å². The van der Waals surface area contributed by atoms with Crippen LogP contribution in [-0.4, -0.2) is 40.8 Å². The smallest absolute Gasteiger partial charge is 0.307 e. The van der Waals surface area contributed by atoms with Crippen LogP contribution in [0.4, 0.5) is 9.59 Å². The molecule has 68 valence electrons. The van der Waals surface area contributed by atoms with Gasteiger partial charge in [0.25, 0.3) is 0 Å². The van der Waals surface area contributed by atoms with E-state index in [0.717, 1.165) is 9.91 Å². The number of nitrogens with zero attached hydrogens (tertiary/aromatic N) is 2. The highest BCUT2D eigenvalue weighted by molar-refractivity contribution is 7.99. The first-order chi connectivity index (χ1) is 5.57. The van der Waals surface area contributed by atoms with Gasteiger partial charge in [-0.15, -0.1) is 11.8 Å². The minimum atomic E-state index is -0.502. The monoisotopic (exact) mass is 190 g/mol. The summed E-state index contributed by atoms with van der Waals surface area (Å²) in [7, 11) is 1.37. The van der Waals surface area contributed by atoms with Gasteiger partial charge >= 0.3 is 12.1 Å². The second-order valence-electron chi connectivity index (χ2n) is 2.29. The number of urea groups is 2. The van der Waals surface area contributed by atoms with Crippen molar-refractivity contribution >= 4 is 23.8 Å². The van der Waals surface area contributed by atoms with E-state index in [1.54, 1.807) is 6.26 Å². The largest absolute Gasteiger partial charge is 0.344 e. The third-order valence-electron chi connectivity index (χ3n) is 1.54. The molecule has 1 rings (SSSR count). The number of hydrogen-bond donors (Lipinski definition) is 2. The van der Waals surface area contributed by atoms with Crippen molar-refractivity contribution in [3.05, 3.63) is 0 Å². The van der Waals surface area contributed by atoms with E-state index in [1.807, 2.05) is 0 Å². The Balaban J connectivity index is 2.77. The molecule has 1 fully saturated rings. The van der Waals surface area contributed by atoms with E-state index in [9.17, 15) is 9.59 Å². The Morgan fingerprint density at radius 2 is 2.17 bits per heavy atom. The van der Waals surface area contributed by atoms with Gasteiger partial charge in [0.2, 0.25) is 0 Å². The van der Waals surface area contributed by atoms with Crippen LogP contribution < -0.4 is 11.2 Å². The molecule has 1 atom stereocenters. The molecular formula is C5H10N4O2S. The number of hydrogen-bond acceptors (Lipinski definition) is 4. The normalized spacial score (nSPS) is 24.4. The molecule has 12 heavy (non-hydrogen) atoms. The zero-order valence-electron chi connectivity index (χ0n) is 6.77. The maximum atomic E-state index is 11.2. The molecule has 3 N–H and O–H groups in total. The number of imide groups is 1. The van der Waals surface area contributed by atoms with Gasteiger partial charge in [-0.1, -0.05) is 0 Å². The summed E-state index contributed by atoms with van der Waals surface area (Å²) >= 11 is 1.28. The maximum Gasteiger partial charge on any atom is 0.344 e. The van der Waals surface area contributed by atoms with E-state index < -0.39 is 17.6 Å². The van der Waals surface area contributed by atoms with Crippen molar-refractivity contribution in [2.45, 2.75) is 5.50 Å². The van der Waals surface area contributed by atoms with Crippen LogP contribution in [0, 0.1) is 0 Å². The van der Waals surface area contributed by atoms with Crippen LogP contribution in [0.2, 0.25) is 0 Å². The van der Waals surface area contributed by atoms with Crippen LogP contribution >= 0.6 is 11.8 Å². The van der Waals surface area contributed by atoms with Gasteiger partial charge in [0.05, 0.1) is 0 Å². The maximum absolute atomic E-state index is 11.2. The fourth-order valence-corrected chi connectivity index (χ4v) is 1.34. The van der Waals surface area contributed by atoms with Gasteiger partial charge in [0.15, 0.2) is 5.50 Å². The van der Waals surface area contributed by atoms with Crippen LogP contribution in [-0.2, 0) is 0 Å². The number of nitrogens with one attached hydrogen (secondary N) is 1. The van der Waals surface area contributed by atoms with Gasteiger partial charge in [0.1, 0.15) is 0 Å². The van der Waals surface area contributed by atoms with Crippen molar-refractivity contribution in [1.29, 1.82) is 0 Å². The van der Waals surface area contributed by atoms with Gasteiger partial charge in [-0.25, -0.2) is 25.3 Å². The van der Waals surface area contributed by atoms with Crippen molar-refractivity contribution in [1.82, 2.24) is 15.2 Å². The second-order valence-corrected chi connectivity index (χ2v) is 3.20. The summed E-state index contributed by atoms with van der Waals surface area (Å²) in [6.45, 7) is 0. The molecule has 0 aromatic rings. The molecule has 0 aromatic heterocycles.